The maximum atomic E-state index is 5.59. The van der Waals surface area contributed by atoms with Crippen molar-refractivity contribution in [2.75, 3.05) is 13.2 Å². The summed E-state index contributed by atoms with van der Waals surface area (Å²) in [6.07, 6.45) is 5.49. The summed E-state index contributed by atoms with van der Waals surface area (Å²) in [5.41, 5.74) is 7.48. The largest absolute Gasteiger partial charge is 0.399 e. The van der Waals surface area contributed by atoms with Crippen LogP contribution in [0.15, 0.2) is 36.1 Å². The van der Waals surface area contributed by atoms with Crippen LogP contribution in [0.4, 0.5) is 0 Å². The summed E-state index contributed by atoms with van der Waals surface area (Å²) in [6.45, 7) is 8.64. The molecule has 0 aliphatic heterocycles. The number of ether oxygens (including phenoxy) is 1. The maximum Gasteiger partial charge on any atom is 0.0682 e. The van der Waals surface area contributed by atoms with E-state index in [-0.39, 0.29) is 0 Å². The van der Waals surface area contributed by atoms with E-state index >= 15 is 0 Å². The first kappa shape index (κ1) is 11.0. The Kier molecular flexibility index (Phi) is 6.11. The lowest BCUT2D eigenvalue weighted by Gasteiger charge is -2.01. The zero-order valence-corrected chi connectivity index (χ0v) is 7.84. The van der Waals surface area contributed by atoms with E-state index in [0.717, 1.165) is 11.3 Å². The van der Waals surface area contributed by atoms with Crippen LogP contribution in [0.3, 0.4) is 0 Å². The summed E-state index contributed by atoms with van der Waals surface area (Å²) in [7, 11) is 0. The summed E-state index contributed by atoms with van der Waals surface area (Å²) in [6, 6.07) is 0. The van der Waals surface area contributed by atoms with Gasteiger partial charge in [-0.15, -0.1) is 6.58 Å². The molecule has 0 saturated carbocycles. The molecular weight excluding hydrogens is 150 g/mol. The Morgan fingerprint density at radius 3 is 2.75 bits per heavy atom. The molecule has 0 saturated heterocycles. The minimum absolute atomic E-state index is 0.584. The lowest BCUT2D eigenvalue weighted by atomic mass is 10.2. The molecule has 0 atom stereocenters. The van der Waals surface area contributed by atoms with E-state index in [4.69, 9.17) is 10.5 Å². The Morgan fingerprint density at radius 2 is 2.25 bits per heavy atom. The molecule has 0 aromatic heterocycles. The van der Waals surface area contributed by atoms with Gasteiger partial charge < -0.3 is 10.5 Å². The van der Waals surface area contributed by atoms with Crippen LogP contribution in [0.5, 0.6) is 0 Å². The third-order valence-electron chi connectivity index (χ3n) is 1.31. The first-order chi connectivity index (χ1) is 5.70. The fourth-order valence-electron chi connectivity index (χ4n) is 0.713. The van der Waals surface area contributed by atoms with Crippen LogP contribution in [0.25, 0.3) is 0 Å². The van der Waals surface area contributed by atoms with Crippen molar-refractivity contribution in [2.24, 2.45) is 5.73 Å². The van der Waals surface area contributed by atoms with Crippen LogP contribution in [-0.4, -0.2) is 13.2 Å². The molecule has 12 heavy (non-hydrogen) atoms. The second kappa shape index (κ2) is 6.68. The molecule has 68 valence electrons. The molecule has 0 unspecified atom stereocenters. The molecule has 2 heteroatoms. The monoisotopic (exact) mass is 167 g/mol. The lowest BCUT2D eigenvalue weighted by Crippen LogP contribution is -1.99. The van der Waals surface area contributed by atoms with Gasteiger partial charge in [0.2, 0.25) is 0 Å². The molecule has 0 aromatic rings. The van der Waals surface area contributed by atoms with Crippen molar-refractivity contribution >= 4 is 0 Å². The van der Waals surface area contributed by atoms with Crippen molar-refractivity contribution in [2.45, 2.75) is 13.8 Å². The number of hydrogen-bond acceptors (Lipinski definition) is 2. The molecule has 0 amide bonds. The van der Waals surface area contributed by atoms with E-state index in [1.807, 2.05) is 26.0 Å². The SMILES string of the molecule is C=CCOC/C(C)=C/C(N)=C\C. The zero-order valence-electron chi connectivity index (χ0n) is 7.84. The van der Waals surface area contributed by atoms with Gasteiger partial charge >= 0.3 is 0 Å². The van der Waals surface area contributed by atoms with Gasteiger partial charge in [-0.1, -0.05) is 12.2 Å². The fraction of sp³-hybridized carbons (Fsp3) is 0.400. The Balaban J connectivity index is 3.77. The van der Waals surface area contributed by atoms with Crippen molar-refractivity contribution in [3.8, 4) is 0 Å². The van der Waals surface area contributed by atoms with Crippen LogP contribution in [0.2, 0.25) is 0 Å². The highest BCUT2D eigenvalue weighted by Gasteiger charge is 1.89. The van der Waals surface area contributed by atoms with Crippen molar-refractivity contribution in [3.63, 3.8) is 0 Å². The Bertz CT molecular complexity index is 192. The molecule has 2 N–H and O–H groups in total. The number of nitrogens with two attached hydrogens (primary N) is 1. The smallest absolute Gasteiger partial charge is 0.0682 e. The molecule has 0 heterocycles. The summed E-state index contributed by atoms with van der Waals surface area (Å²) in [5, 5.41) is 0. The van der Waals surface area contributed by atoms with Crippen LogP contribution in [0.1, 0.15) is 13.8 Å². The molecule has 0 radical (unpaired) electrons. The van der Waals surface area contributed by atoms with Crippen molar-refractivity contribution in [1.29, 1.82) is 0 Å². The lowest BCUT2D eigenvalue weighted by molar-refractivity contribution is 0.187. The van der Waals surface area contributed by atoms with Gasteiger partial charge in [0.1, 0.15) is 0 Å². The van der Waals surface area contributed by atoms with Gasteiger partial charge in [-0.05, 0) is 25.5 Å². The van der Waals surface area contributed by atoms with Gasteiger partial charge in [-0.3, -0.25) is 0 Å². The van der Waals surface area contributed by atoms with E-state index in [1.54, 1.807) is 6.08 Å². The third-order valence-corrected chi connectivity index (χ3v) is 1.31. The van der Waals surface area contributed by atoms with E-state index in [9.17, 15) is 0 Å². The van der Waals surface area contributed by atoms with Crippen LogP contribution < -0.4 is 5.73 Å². The molecule has 0 bridgehead atoms. The van der Waals surface area contributed by atoms with Gasteiger partial charge in [0.25, 0.3) is 0 Å². The van der Waals surface area contributed by atoms with Crippen molar-refractivity contribution in [1.82, 2.24) is 0 Å². The first-order valence-corrected chi connectivity index (χ1v) is 3.98. The van der Waals surface area contributed by atoms with Crippen molar-refractivity contribution in [3.05, 3.63) is 36.1 Å². The van der Waals surface area contributed by atoms with E-state index in [1.165, 1.54) is 0 Å². The molecule has 0 spiro atoms. The second-order valence-electron chi connectivity index (χ2n) is 2.58. The predicted octanol–water partition coefficient (Wildman–Crippen LogP) is 2.00. The fourth-order valence-corrected chi connectivity index (χ4v) is 0.713. The van der Waals surface area contributed by atoms with Crippen LogP contribution >= 0.6 is 0 Å². The molecule has 2 nitrogen and oxygen atoms in total. The summed E-state index contributed by atoms with van der Waals surface area (Å²) in [4.78, 5) is 0. The Labute approximate surface area is 74.4 Å². The number of rotatable bonds is 5. The second-order valence-corrected chi connectivity index (χ2v) is 2.58. The highest BCUT2D eigenvalue weighted by molar-refractivity contribution is 5.19. The van der Waals surface area contributed by atoms with Gasteiger partial charge in [0.15, 0.2) is 0 Å². The van der Waals surface area contributed by atoms with Crippen molar-refractivity contribution < 1.29 is 4.74 Å². The van der Waals surface area contributed by atoms with E-state index < -0.39 is 0 Å². The summed E-state index contributed by atoms with van der Waals surface area (Å²) < 4.78 is 5.22. The molecule has 0 aromatic carbocycles. The minimum Gasteiger partial charge on any atom is -0.399 e. The Morgan fingerprint density at radius 1 is 1.58 bits per heavy atom. The van der Waals surface area contributed by atoms with Gasteiger partial charge in [-0.25, -0.2) is 0 Å². The van der Waals surface area contributed by atoms with Gasteiger partial charge in [0.05, 0.1) is 13.2 Å². The quantitative estimate of drug-likeness (QED) is 0.386. The summed E-state index contributed by atoms with van der Waals surface area (Å²) in [5.74, 6) is 0. The molecule has 0 rings (SSSR count). The molecular formula is C10H17NO. The van der Waals surface area contributed by atoms with E-state index in [2.05, 4.69) is 6.58 Å². The van der Waals surface area contributed by atoms with Crippen LogP contribution in [-0.2, 0) is 4.74 Å². The zero-order chi connectivity index (χ0) is 9.40. The molecule has 0 fully saturated rings. The number of allylic oxidation sites excluding steroid dienone is 2. The summed E-state index contributed by atoms with van der Waals surface area (Å²) >= 11 is 0. The molecule has 0 aliphatic rings. The van der Waals surface area contributed by atoms with E-state index in [0.29, 0.717) is 13.2 Å². The normalized spacial score (nSPS) is 13.2. The minimum atomic E-state index is 0.584. The molecule has 0 aliphatic carbocycles. The number of hydrogen-bond donors (Lipinski definition) is 1. The Hall–Kier alpha value is -1.02. The standard InChI is InChI=1S/C10H17NO/c1-4-6-12-8-9(3)7-10(11)5-2/h4-5,7H,1,6,8,11H2,2-3H3/b9-7+,10-5+. The average Bonchev–Trinajstić information content (AvgIpc) is 2.05. The predicted molar refractivity (Wildman–Crippen MR) is 52.7 cm³/mol. The maximum absolute atomic E-state index is 5.59. The first-order valence-electron chi connectivity index (χ1n) is 3.98. The van der Waals surface area contributed by atoms with Gasteiger partial charge in [-0.2, -0.15) is 0 Å². The van der Waals surface area contributed by atoms with Crippen LogP contribution in [0, 0.1) is 0 Å². The topological polar surface area (TPSA) is 35.2 Å². The van der Waals surface area contributed by atoms with Gasteiger partial charge in [0, 0.05) is 5.70 Å². The third kappa shape index (κ3) is 5.74. The highest BCUT2D eigenvalue weighted by Crippen LogP contribution is 1.97. The average molecular weight is 167 g/mol. The highest BCUT2D eigenvalue weighted by atomic mass is 16.5.